The number of azo groups is 1. The zero-order chi connectivity index (χ0) is 16.5. The molecule has 1 aromatic carbocycles. The molecule has 4 aromatic rings. The number of halogens is 2. The molecule has 0 N–H and O–H groups in total. The average Bonchev–Trinajstić information content (AvgIpc) is 3.20. The smallest absolute Gasteiger partial charge is 0.188 e. The van der Waals surface area contributed by atoms with E-state index in [0.29, 0.717) is 22.2 Å². The Hall–Kier alpha value is -2.57. The van der Waals surface area contributed by atoms with Gasteiger partial charge >= 0.3 is 0 Å². The quantitative estimate of drug-likeness (QED) is 0.399. The van der Waals surface area contributed by atoms with Crippen LogP contribution < -0.4 is 0 Å². The van der Waals surface area contributed by atoms with Gasteiger partial charge in [-0.05, 0) is 35.7 Å². The molecule has 24 heavy (non-hydrogen) atoms. The molecule has 0 spiro atoms. The van der Waals surface area contributed by atoms with Crippen LogP contribution in [0.3, 0.4) is 0 Å². The van der Waals surface area contributed by atoms with Gasteiger partial charge in [0.1, 0.15) is 17.2 Å². The topological polar surface area (TPSA) is 42.0 Å². The highest BCUT2D eigenvalue weighted by atomic mass is 35.5. The lowest BCUT2D eigenvalue weighted by molar-refractivity contribution is 0.628. The second-order valence-corrected chi connectivity index (χ2v) is 6.40. The Kier molecular flexibility index (Phi) is 3.84. The molecule has 0 bridgehead atoms. The van der Waals surface area contributed by atoms with Crippen LogP contribution in [0, 0.1) is 5.82 Å². The summed E-state index contributed by atoms with van der Waals surface area (Å²) in [6.07, 6.45) is 1.74. The molecule has 118 valence electrons. The SMILES string of the molecule is Fc1cccc(N=Nc2c(-c3cccs3)nc3ccc(Cl)cn23)c1. The summed E-state index contributed by atoms with van der Waals surface area (Å²) >= 11 is 7.66. The number of thiophene rings is 1. The number of aromatic nitrogens is 2. The fraction of sp³-hybridized carbons (Fsp3) is 0. The lowest BCUT2D eigenvalue weighted by Gasteiger charge is -1.98. The molecule has 3 aromatic heterocycles. The molecular formula is C17H10ClFN4S. The van der Waals surface area contributed by atoms with Crippen LogP contribution in [0.15, 0.2) is 70.3 Å². The number of pyridine rings is 1. The molecule has 0 aliphatic heterocycles. The fourth-order valence-electron chi connectivity index (χ4n) is 2.32. The zero-order valence-corrected chi connectivity index (χ0v) is 13.8. The Balaban J connectivity index is 1.88. The second kappa shape index (κ2) is 6.14. The lowest BCUT2D eigenvalue weighted by Crippen LogP contribution is -1.82. The Morgan fingerprint density at radius 1 is 1.08 bits per heavy atom. The van der Waals surface area contributed by atoms with Crippen molar-refractivity contribution in [3.05, 3.63) is 70.9 Å². The molecule has 0 unspecified atom stereocenters. The largest absolute Gasteiger partial charge is 0.281 e. The summed E-state index contributed by atoms with van der Waals surface area (Å²) in [7, 11) is 0. The van der Waals surface area contributed by atoms with Crippen molar-refractivity contribution in [1.82, 2.24) is 9.38 Å². The minimum Gasteiger partial charge on any atom is -0.281 e. The van der Waals surface area contributed by atoms with E-state index < -0.39 is 0 Å². The van der Waals surface area contributed by atoms with E-state index in [1.165, 1.54) is 12.1 Å². The van der Waals surface area contributed by atoms with Gasteiger partial charge < -0.3 is 0 Å². The van der Waals surface area contributed by atoms with Crippen molar-refractivity contribution in [2.24, 2.45) is 10.2 Å². The molecule has 7 heteroatoms. The van der Waals surface area contributed by atoms with E-state index in [9.17, 15) is 4.39 Å². The van der Waals surface area contributed by atoms with E-state index in [-0.39, 0.29) is 5.82 Å². The normalized spacial score (nSPS) is 11.6. The first-order valence-corrected chi connectivity index (χ1v) is 8.35. The van der Waals surface area contributed by atoms with Crippen LogP contribution in [0.1, 0.15) is 0 Å². The molecule has 0 fully saturated rings. The number of imidazole rings is 1. The number of rotatable bonds is 3. The number of hydrogen-bond acceptors (Lipinski definition) is 4. The predicted octanol–water partition coefficient (Wildman–Crippen LogP) is 6.27. The van der Waals surface area contributed by atoms with Crippen LogP contribution >= 0.6 is 22.9 Å². The summed E-state index contributed by atoms with van der Waals surface area (Å²) in [5, 5.41) is 11.0. The van der Waals surface area contributed by atoms with Gasteiger partial charge in [-0.3, -0.25) is 4.40 Å². The van der Waals surface area contributed by atoms with E-state index in [1.807, 2.05) is 23.6 Å². The first kappa shape index (κ1) is 15.0. The van der Waals surface area contributed by atoms with Crippen molar-refractivity contribution in [1.29, 1.82) is 0 Å². The fourth-order valence-corrected chi connectivity index (χ4v) is 3.19. The molecule has 0 saturated heterocycles. The minimum atomic E-state index is -0.355. The third-order valence-electron chi connectivity index (χ3n) is 3.38. The molecule has 0 saturated carbocycles. The van der Waals surface area contributed by atoms with Crippen molar-refractivity contribution in [3.63, 3.8) is 0 Å². The summed E-state index contributed by atoms with van der Waals surface area (Å²) in [6, 6.07) is 13.5. The van der Waals surface area contributed by atoms with Crippen molar-refractivity contribution >= 4 is 40.1 Å². The maximum Gasteiger partial charge on any atom is 0.188 e. The molecule has 3 heterocycles. The van der Waals surface area contributed by atoms with E-state index in [0.717, 1.165) is 10.5 Å². The van der Waals surface area contributed by atoms with Crippen LogP contribution in [0.2, 0.25) is 5.02 Å². The molecule has 0 radical (unpaired) electrons. The Bertz CT molecular complexity index is 1040. The first-order valence-electron chi connectivity index (χ1n) is 7.09. The highest BCUT2D eigenvalue weighted by molar-refractivity contribution is 7.13. The first-order chi connectivity index (χ1) is 11.7. The van der Waals surface area contributed by atoms with Gasteiger partial charge in [-0.1, -0.05) is 23.7 Å². The summed E-state index contributed by atoms with van der Waals surface area (Å²) in [4.78, 5) is 5.59. The minimum absolute atomic E-state index is 0.355. The molecule has 4 rings (SSSR count). The summed E-state index contributed by atoms with van der Waals surface area (Å²) in [5.41, 5.74) is 1.87. The second-order valence-electron chi connectivity index (χ2n) is 5.02. The Morgan fingerprint density at radius 3 is 2.79 bits per heavy atom. The van der Waals surface area contributed by atoms with Gasteiger partial charge in [-0.25, -0.2) is 9.37 Å². The van der Waals surface area contributed by atoms with Crippen LogP contribution in [0.25, 0.3) is 16.2 Å². The summed E-state index contributed by atoms with van der Waals surface area (Å²) in [5.74, 6) is 0.199. The van der Waals surface area contributed by atoms with E-state index in [2.05, 4.69) is 15.2 Å². The third-order valence-corrected chi connectivity index (χ3v) is 4.48. The number of nitrogens with zero attached hydrogens (tertiary/aromatic N) is 4. The Morgan fingerprint density at radius 2 is 2.00 bits per heavy atom. The lowest BCUT2D eigenvalue weighted by atomic mass is 10.3. The standard InChI is InChI=1S/C17H10ClFN4S/c18-11-6-7-15-20-16(14-5-2-8-24-14)17(23(15)10-11)22-21-13-4-1-3-12(19)9-13/h1-10H. The van der Waals surface area contributed by atoms with Crippen molar-refractivity contribution < 1.29 is 4.39 Å². The van der Waals surface area contributed by atoms with E-state index >= 15 is 0 Å². The zero-order valence-electron chi connectivity index (χ0n) is 12.2. The summed E-state index contributed by atoms with van der Waals surface area (Å²) < 4.78 is 15.1. The molecule has 0 amide bonds. The monoisotopic (exact) mass is 356 g/mol. The van der Waals surface area contributed by atoms with Gasteiger partial charge in [0, 0.05) is 12.3 Å². The molecule has 4 nitrogen and oxygen atoms in total. The summed E-state index contributed by atoms with van der Waals surface area (Å²) in [6.45, 7) is 0. The van der Waals surface area contributed by atoms with Gasteiger partial charge in [0.2, 0.25) is 0 Å². The molecular weight excluding hydrogens is 347 g/mol. The molecule has 0 aliphatic carbocycles. The maximum atomic E-state index is 13.3. The van der Waals surface area contributed by atoms with E-state index in [4.69, 9.17) is 11.6 Å². The van der Waals surface area contributed by atoms with Crippen LogP contribution in [0.5, 0.6) is 0 Å². The highest BCUT2D eigenvalue weighted by Crippen LogP contribution is 2.35. The van der Waals surface area contributed by atoms with E-state index in [1.54, 1.807) is 40.1 Å². The van der Waals surface area contributed by atoms with Gasteiger partial charge in [0.15, 0.2) is 5.82 Å². The number of benzene rings is 1. The van der Waals surface area contributed by atoms with Crippen LogP contribution in [0.4, 0.5) is 15.9 Å². The Labute approximate surface area is 145 Å². The van der Waals surface area contributed by atoms with Gasteiger partial charge in [-0.15, -0.1) is 21.6 Å². The van der Waals surface area contributed by atoms with Crippen LogP contribution in [-0.2, 0) is 0 Å². The van der Waals surface area contributed by atoms with Gasteiger partial charge in [0.25, 0.3) is 0 Å². The van der Waals surface area contributed by atoms with Crippen molar-refractivity contribution in [3.8, 4) is 10.6 Å². The van der Waals surface area contributed by atoms with Gasteiger partial charge in [0.05, 0.1) is 15.6 Å². The molecule has 0 aliphatic rings. The average molecular weight is 357 g/mol. The van der Waals surface area contributed by atoms with Crippen molar-refractivity contribution in [2.75, 3.05) is 0 Å². The van der Waals surface area contributed by atoms with Gasteiger partial charge in [-0.2, -0.15) is 0 Å². The molecule has 0 atom stereocenters. The number of hydrogen-bond donors (Lipinski definition) is 0. The highest BCUT2D eigenvalue weighted by Gasteiger charge is 2.15. The van der Waals surface area contributed by atoms with Crippen molar-refractivity contribution in [2.45, 2.75) is 0 Å². The third kappa shape index (κ3) is 2.81. The maximum absolute atomic E-state index is 13.3. The van der Waals surface area contributed by atoms with Crippen LogP contribution in [-0.4, -0.2) is 9.38 Å². The number of fused-ring (bicyclic) bond motifs is 1. The predicted molar refractivity (Wildman–Crippen MR) is 94.1 cm³/mol.